The van der Waals surface area contributed by atoms with Gasteiger partial charge in [-0.2, -0.15) is 5.10 Å². The molecule has 0 aliphatic carbocycles. The van der Waals surface area contributed by atoms with Crippen molar-refractivity contribution in [2.45, 2.75) is 6.54 Å². The fourth-order valence-corrected chi connectivity index (χ4v) is 1.94. The minimum atomic E-state index is -0.893. The highest BCUT2D eigenvalue weighted by Gasteiger charge is 2.12. The van der Waals surface area contributed by atoms with Crippen molar-refractivity contribution in [2.75, 3.05) is 0 Å². The van der Waals surface area contributed by atoms with Gasteiger partial charge in [0, 0.05) is 11.8 Å². The molecule has 6 nitrogen and oxygen atoms in total. The van der Waals surface area contributed by atoms with Gasteiger partial charge in [-0.05, 0) is 18.2 Å². The molecule has 1 aromatic heterocycles. The van der Waals surface area contributed by atoms with Crippen molar-refractivity contribution in [3.63, 3.8) is 0 Å². The summed E-state index contributed by atoms with van der Waals surface area (Å²) in [6, 6.07) is 10.3. The smallest absolute Gasteiger partial charge is 0.329 e. The van der Waals surface area contributed by atoms with Crippen LogP contribution in [-0.4, -0.2) is 23.0 Å². The molecule has 1 aromatic carbocycles. The zero-order valence-electron chi connectivity index (χ0n) is 11.8. The van der Waals surface area contributed by atoms with Crippen molar-refractivity contribution in [2.24, 2.45) is 5.10 Å². The quantitative estimate of drug-likeness (QED) is 0.503. The van der Waals surface area contributed by atoms with Crippen LogP contribution in [0, 0.1) is 0 Å². The Hall–Kier alpha value is -2.44. The van der Waals surface area contributed by atoms with Gasteiger partial charge in [-0.1, -0.05) is 41.4 Å². The maximum absolute atomic E-state index is 11.6. The molecule has 0 radical (unpaired) electrons. The number of carbonyl (C=O) groups is 2. The minimum Gasteiger partial charge on any atom is -0.342 e. The molecule has 0 bridgehead atoms. The van der Waals surface area contributed by atoms with E-state index in [2.05, 4.69) is 20.8 Å². The number of benzene rings is 1. The fraction of sp³-hybridized carbons (Fsp3) is 0.0667. The van der Waals surface area contributed by atoms with E-state index in [1.807, 2.05) is 0 Å². The number of carbonyl (C=O) groups excluding carboxylic acids is 2. The van der Waals surface area contributed by atoms with Crippen molar-refractivity contribution in [3.8, 4) is 0 Å². The molecule has 2 rings (SSSR count). The highest BCUT2D eigenvalue weighted by atomic mass is 35.5. The number of halogens is 2. The molecular formula is C15H12Cl2N4O2. The number of hydrazone groups is 1. The lowest BCUT2D eigenvalue weighted by Gasteiger charge is -2.03. The third-order valence-corrected chi connectivity index (χ3v) is 3.55. The summed E-state index contributed by atoms with van der Waals surface area (Å²) in [4.78, 5) is 27.2. The summed E-state index contributed by atoms with van der Waals surface area (Å²) in [5.74, 6) is -1.71. The molecule has 118 valence electrons. The number of pyridine rings is 1. The molecule has 8 heteroatoms. The van der Waals surface area contributed by atoms with E-state index in [9.17, 15) is 9.59 Å². The molecule has 0 aliphatic heterocycles. The highest BCUT2D eigenvalue weighted by Crippen LogP contribution is 2.23. The molecule has 0 unspecified atom stereocenters. The molecule has 0 atom stereocenters. The average Bonchev–Trinajstić information content (AvgIpc) is 2.57. The molecule has 0 spiro atoms. The van der Waals surface area contributed by atoms with Crippen molar-refractivity contribution < 1.29 is 9.59 Å². The Kier molecular flexibility index (Phi) is 6.08. The summed E-state index contributed by atoms with van der Waals surface area (Å²) >= 11 is 11.8. The van der Waals surface area contributed by atoms with Gasteiger partial charge >= 0.3 is 11.8 Å². The third-order valence-electron chi connectivity index (χ3n) is 2.71. The predicted octanol–water partition coefficient (Wildman–Crippen LogP) is 2.15. The van der Waals surface area contributed by atoms with E-state index < -0.39 is 11.8 Å². The van der Waals surface area contributed by atoms with Gasteiger partial charge in [0.1, 0.15) is 0 Å². The summed E-state index contributed by atoms with van der Waals surface area (Å²) in [5, 5.41) is 6.79. The van der Waals surface area contributed by atoms with Crippen LogP contribution >= 0.6 is 23.2 Å². The van der Waals surface area contributed by atoms with E-state index in [4.69, 9.17) is 23.2 Å². The average molecular weight is 351 g/mol. The van der Waals surface area contributed by atoms with Crippen molar-refractivity contribution in [1.29, 1.82) is 0 Å². The largest absolute Gasteiger partial charge is 0.342 e. The fourth-order valence-electron chi connectivity index (χ4n) is 1.59. The molecule has 0 saturated heterocycles. The number of rotatable bonds is 4. The first-order chi connectivity index (χ1) is 11.1. The summed E-state index contributed by atoms with van der Waals surface area (Å²) in [6.07, 6.45) is 2.90. The van der Waals surface area contributed by atoms with E-state index in [1.54, 1.807) is 42.6 Å². The SMILES string of the molecule is O=C(NCc1ccccn1)C(=O)N/N=C\c1cccc(Cl)c1Cl. The van der Waals surface area contributed by atoms with Crippen LogP contribution in [0.25, 0.3) is 0 Å². The van der Waals surface area contributed by atoms with Crippen LogP contribution in [0.5, 0.6) is 0 Å². The lowest BCUT2D eigenvalue weighted by atomic mass is 10.2. The first-order valence-electron chi connectivity index (χ1n) is 6.53. The maximum atomic E-state index is 11.6. The van der Waals surface area contributed by atoms with Crippen LogP contribution in [0.2, 0.25) is 10.0 Å². The van der Waals surface area contributed by atoms with Gasteiger partial charge in [-0.15, -0.1) is 0 Å². The van der Waals surface area contributed by atoms with Gasteiger partial charge in [0.25, 0.3) is 0 Å². The second-order valence-electron chi connectivity index (χ2n) is 4.35. The zero-order chi connectivity index (χ0) is 16.7. The number of nitrogens with one attached hydrogen (secondary N) is 2. The lowest BCUT2D eigenvalue weighted by Crippen LogP contribution is -2.37. The summed E-state index contributed by atoms with van der Waals surface area (Å²) in [5.41, 5.74) is 3.27. The van der Waals surface area contributed by atoms with E-state index in [-0.39, 0.29) is 6.54 Å². The number of amides is 2. The van der Waals surface area contributed by atoms with E-state index in [0.717, 1.165) is 0 Å². The number of nitrogens with zero attached hydrogens (tertiary/aromatic N) is 2. The second kappa shape index (κ2) is 8.26. The van der Waals surface area contributed by atoms with Crippen LogP contribution in [0.15, 0.2) is 47.7 Å². The number of hydrogen-bond donors (Lipinski definition) is 2. The summed E-state index contributed by atoms with van der Waals surface area (Å²) < 4.78 is 0. The first kappa shape index (κ1) is 16.9. The van der Waals surface area contributed by atoms with Gasteiger partial charge in [0.05, 0.1) is 28.5 Å². The van der Waals surface area contributed by atoms with Gasteiger partial charge in [0.15, 0.2) is 0 Å². The maximum Gasteiger partial charge on any atom is 0.329 e. The van der Waals surface area contributed by atoms with Crippen LogP contribution in [0.1, 0.15) is 11.3 Å². The molecule has 1 heterocycles. The molecule has 2 amide bonds. The van der Waals surface area contributed by atoms with E-state index in [0.29, 0.717) is 21.3 Å². The Morgan fingerprint density at radius 2 is 1.96 bits per heavy atom. The Bertz CT molecular complexity index is 736. The normalized spacial score (nSPS) is 10.5. The monoisotopic (exact) mass is 350 g/mol. The Morgan fingerprint density at radius 1 is 1.13 bits per heavy atom. The molecule has 23 heavy (non-hydrogen) atoms. The van der Waals surface area contributed by atoms with Crippen molar-refractivity contribution in [3.05, 3.63) is 63.9 Å². The molecule has 2 aromatic rings. The molecule has 0 saturated carbocycles. The number of aromatic nitrogens is 1. The summed E-state index contributed by atoms with van der Waals surface area (Å²) in [7, 11) is 0. The van der Waals surface area contributed by atoms with Crippen molar-refractivity contribution in [1.82, 2.24) is 15.7 Å². The first-order valence-corrected chi connectivity index (χ1v) is 7.28. The van der Waals surface area contributed by atoms with Crippen LogP contribution in [0.4, 0.5) is 0 Å². The van der Waals surface area contributed by atoms with E-state index >= 15 is 0 Å². The van der Waals surface area contributed by atoms with Crippen LogP contribution in [0.3, 0.4) is 0 Å². The highest BCUT2D eigenvalue weighted by molar-refractivity contribution is 6.43. The van der Waals surface area contributed by atoms with E-state index in [1.165, 1.54) is 6.21 Å². The Balaban J connectivity index is 1.85. The topological polar surface area (TPSA) is 83.5 Å². The standard InChI is InChI=1S/C15H12Cl2N4O2/c16-12-6-3-4-10(13(12)17)8-20-21-15(23)14(22)19-9-11-5-1-2-7-18-11/h1-8H,9H2,(H,19,22)(H,21,23)/b20-8-. The second-order valence-corrected chi connectivity index (χ2v) is 5.13. The van der Waals surface area contributed by atoms with Gasteiger partial charge < -0.3 is 5.32 Å². The van der Waals surface area contributed by atoms with Gasteiger partial charge in [-0.3, -0.25) is 14.6 Å². The van der Waals surface area contributed by atoms with Gasteiger partial charge in [0.2, 0.25) is 0 Å². The molecular weight excluding hydrogens is 339 g/mol. The van der Waals surface area contributed by atoms with Gasteiger partial charge in [-0.25, -0.2) is 5.43 Å². The molecule has 0 fully saturated rings. The number of hydrogen-bond acceptors (Lipinski definition) is 4. The zero-order valence-corrected chi connectivity index (χ0v) is 13.3. The third kappa shape index (κ3) is 5.05. The van der Waals surface area contributed by atoms with Crippen LogP contribution in [-0.2, 0) is 16.1 Å². The van der Waals surface area contributed by atoms with Crippen molar-refractivity contribution >= 4 is 41.2 Å². The minimum absolute atomic E-state index is 0.150. The Morgan fingerprint density at radius 3 is 2.70 bits per heavy atom. The predicted molar refractivity (Wildman–Crippen MR) is 88.3 cm³/mol. The summed E-state index contributed by atoms with van der Waals surface area (Å²) in [6.45, 7) is 0.150. The van der Waals surface area contributed by atoms with Crippen LogP contribution < -0.4 is 10.7 Å². The lowest BCUT2D eigenvalue weighted by molar-refractivity contribution is -0.139. The molecule has 2 N–H and O–H groups in total. The molecule has 0 aliphatic rings. The Labute approximate surface area is 142 Å².